The van der Waals surface area contributed by atoms with Crippen LogP contribution in [0.5, 0.6) is 0 Å². The maximum absolute atomic E-state index is 5.62. The number of likely N-dealkylation sites (tertiary alicyclic amines) is 1. The van der Waals surface area contributed by atoms with E-state index in [4.69, 9.17) is 14.2 Å². The second kappa shape index (κ2) is 7.51. The Hall–Kier alpha value is -1.31. The molecule has 2 atom stereocenters. The van der Waals surface area contributed by atoms with E-state index in [2.05, 4.69) is 27.3 Å². The summed E-state index contributed by atoms with van der Waals surface area (Å²) in [5.41, 5.74) is 1.10. The molecule has 2 unspecified atom stereocenters. The minimum absolute atomic E-state index is 0.0671. The zero-order valence-corrected chi connectivity index (χ0v) is 14.8. The van der Waals surface area contributed by atoms with Gasteiger partial charge in [0.2, 0.25) is 5.89 Å². The zero-order chi connectivity index (χ0) is 16.2. The third-order valence-corrected chi connectivity index (χ3v) is 5.20. The summed E-state index contributed by atoms with van der Waals surface area (Å²) >= 11 is 1.67. The topological polar surface area (TPSA) is 64.3 Å². The molecule has 7 heteroatoms. The number of hydrogen-bond donors (Lipinski definition) is 0. The summed E-state index contributed by atoms with van der Waals surface area (Å²) in [5.74, 6) is 1.53. The number of aryl methyl sites for hydroxylation is 1. The van der Waals surface area contributed by atoms with Crippen molar-refractivity contribution in [1.29, 1.82) is 0 Å². The van der Waals surface area contributed by atoms with E-state index < -0.39 is 0 Å². The van der Waals surface area contributed by atoms with E-state index >= 15 is 0 Å². The van der Waals surface area contributed by atoms with Crippen LogP contribution in [-0.2, 0) is 17.7 Å². The fraction of sp³-hybridized carbons (Fsp3) is 0.688. The standard InChI is InChI=1S/C16H24N4O2S/c1-4-14-18-15(19-22-14)13-7-6-8-20(13)9-12-10-23-16(17-12)11(3)21-5-2/h10-11,13H,4-9H2,1-3H3. The first-order valence-corrected chi connectivity index (χ1v) is 9.21. The first kappa shape index (κ1) is 16.5. The Morgan fingerprint density at radius 2 is 2.30 bits per heavy atom. The van der Waals surface area contributed by atoms with Gasteiger partial charge in [0.1, 0.15) is 11.1 Å². The molecule has 3 heterocycles. The second-order valence-corrected chi connectivity index (χ2v) is 6.69. The average molecular weight is 336 g/mol. The lowest BCUT2D eigenvalue weighted by atomic mass is 10.2. The largest absolute Gasteiger partial charge is 0.372 e. The first-order valence-electron chi connectivity index (χ1n) is 8.33. The van der Waals surface area contributed by atoms with E-state index in [0.29, 0.717) is 12.5 Å². The molecule has 1 fully saturated rings. The molecule has 0 radical (unpaired) electrons. The lowest BCUT2D eigenvalue weighted by molar-refractivity contribution is 0.0760. The van der Waals surface area contributed by atoms with Crippen molar-refractivity contribution in [3.8, 4) is 0 Å². The molecule has 0 spiro atoms. The number of thiazole rings is 1. The number of hydrogen-bond acceptors (Lipinski definition) is 7. The number of ether oxygens (including phenoxy) is 1. The third kappa shape index (κ3) is 3.79. The Balaban J connectivity index is 1.66. The molecule has 1 saturated heterocycles. The summed E-state index contributed by atoms with van der Waals surface area (Å²) in [6.45, 7) is 8.68. The minimum atomic E-state index is 0.0671. The van der Waals surface area contributed by atoms with Gasteiger partial charge < -0.3 is 9.26 Å². The van der Waals surface area contributed by atoms with Crippen molar-refractivity contribution in [3.63, 3.8) is 0 Å². The van der Waals surface area contributed by atoms with Gasteiger partial charge in [-0.05, 0) is 33.2 Å². The van der Waals surface area contributed by atoms with Crippen LogP contribution in [0.15, 0.2) is 9.90 Å². The van der Waals surface area contributed by atoms with Gasteiger partial charge in [0, 0.05) is 25.0 Å². The van der Waals surface area contributed by atoms with Crippen LogP contribution in [0, 0.1) is 0 Å². The zero-order valence-electron chi connectivity index (χ0n) is 14.0. The Morgan fingerprint density at radius 1 is 1.43 bits per heavy atom. The molecule has 2 aromatic heterocycles. The molecule has 0 saturated carbocycles. The number of rotatable bonds is 7. The van der Waals surface area contributed by atoms with Gasteiger partial charge in [0.15, 0.2) is 5.82 Å². The minimum Gasteiger partial charge on any atom is -0.372 e. The molecule has 6 nitrogen and oxygen atoms in total. The van der Waals surface area contributed by atoms with Gasteiger partial charge >= 0.3 is 0 Å². The van der Waals surface area contributed by atoms with Gasteiger partial charge in [0.25, 0.3) is 0 Å². The molecule has 0 bridgehead atoms. The SMILES string of the molecule is CCOC(C)c1nc(CN2CCCC2c2noc(CC)n2)cs1. The Morgan fingerprint density at radius 3 is 3.04 bits per heavy atom. The van der Waals surface area contributed by atoms with Crippen LogP contribution in [0.3, 0.4) is 0 Å². The maximum atomic E-state index is 5.62. The highest BCUT2D eigenvalue weighted by Gasteiger charge is 2.30. The van der Waals surface area contributed by atoms with Crippen molar-refractivity contribution in [1.82, 2.24) is 20.0 Å². The Bertz CT molecular complexity index is 627. The third-order valence-electron chi connectivity index (χ3n) is 4.15. The van der Waals surface area contributed by atoms with Crippen molar-refractivity contribution in [2.24, 2.45) is 0 Å². The van der Waals surface area contributed by atoms with Crippen LogP contribution in [0.25, 0.3) is 0 Å². The van der Waals surface area contributed by atoms with E-state index in [9.17, 15) is 0 Å². The van der Waals surface area contributed by atoms with Crippen molar-refractivity contribution < 1.29 is 9.26 Å². The summed E-state index contributed by atoms with van der Waals surface area (Å²) in [6.07, 6.45) is 3.09. The molecule has 3 rings (SSSR count). The molecule has 0 aliphatic carbocycles. The summed E-state index contributed by atoms with van der Waals surface area (Å²) in [7, 11) is 0. The molecular weight excluding hydrogens is 312 g/mol. The lowest BCUT2D eigenvalue weighted by Crippen LogP contribution is -2.23. The van der Waals surface area contributed by atoms with E-state index in [1.807, 2.05) is 13.8 Å². The van der Waals surface area contributed by atoms with Crippen LogP contribution >= 0.6 is 11.3 Å². The van der Waals surface area contributed by atoms with Gasteiger partial charge in [-0.15, -0.1) is 11.3 Å². The summed E-state index contributed by atoms with van der Waals surface area (Å²) in [6, 6.07) is 0.244. The summed E-state index contributed by atoms with van der Waals surface area (Å²) < 4.78 is 10.9. The quantitative estimate of drug-likeness (QED) is 0.771. The average Bonchev–Trinajstić information content (AvgIpc) is 3.27. The Kier molecular flexibility index (Phi) is 5.40. The Labute approximate surface area is 140 Å². The smallest absolute Gasteiger partial charge is 0.226 e. The van der Waals surface area contributed by atoms with Crippen molar-refractivity contribution >= 4 is 11.3 Å². The molecule has 23 heavy (non-hydrogen) atoms. The fourth-order valence-electron chi connectivity index (χ4n) is 2.97. The van der Waals surface area contributed by atoms with Gasteiger partial charge in [-0.3, -0.25) is 4.90 Å². The highest BCUT2D eigenvalue weighted by atomic mass is 32.1. The van der Waals surface area contributed by atoms with Crippen LogP contribution in [-0.4, -0.2) is 33.2 Å². The molecule has 126 valence electrons. The molecular formula is C16H24N4O2S. The second-order valence-electron chi connectivity index (χ2n) is 5.80. The van der Waals surface area contributed by atoms with E-state index in [0.717, 1.165) is 48.9 Å². The first-order chi connectivity index (χ1) is 11.2. The maximum Gasteiger partial charge on any atom is 0.226 e. The fourth-order valence-corrected chi connectivity index (χ4v) is 3.78. The van der Waals surface area contributed by atoms with E-state index in [-0.39, 0.29) is 12.1 Å². The summed E-state index contributed by atoms with van der Waals surface area (Å²) in [5, 5.41) is 7.33. The number of aromatic nitrogens is 3. The predicted octanol–water partition coefficient (Wildman–Crippen LogP) is 3.52. The van der Waals surface area contributed by atoms with Crippen molar-refractivity contribution in [2.75, 3.05) is 13.2 Å². The van der Waals surface area contributed by atoms with Crippen LogP contribution in [0.2, 0.25) is 0 Å². The van der Waals surface area contributed by atoms with Gasteiger partial charge in [-0.25, -0.2) is 4.98 Å². The van der Waals surface area contributed by atoms with E-state index in [1.165, 1.54) is 0 Å². The lowest BCUT2D eigenvalue weighted by Gasteiger charge is -2.20. The van der Waals surface area contributed by atoms with Crippen LogP contribution in [0.4, 0.5) is 0 Å². The predicted molar refractivity (Wildman–Crippen MR) is 88.2 cm³/mol. The van der Waals surface area contributed by atoms with E-state index in [1.54, 1.807) is 11.3 Å². The van der Waals surface area contributed by atoms with Crippen LogP contribution in [0.1, 0.15) is 68.2 Å². The van der Waals surface area contributed by atoms with Crippen LogP contribution < -0.4 is 0 Å². The van der Waals surface area contributed by atoms with Gasteiger partial charge in [-0.2, -0.15) is 4.98 Å². The number of nitrogens with zero attached hydrogens (tertiary/aromatic N) is 4. The molecule has 0 amide bonds. The molecule has 1 aliphatic rings. The molecule has 0 aromatic carbocycles. The molecule has 1 aliphatic heterocycles. The summed E-state index contributed by atoms with van der Waals surface area (Å²) in [4.78, 5) is 11.6. The van der Waals surface area contributed by atoms with Crippen molar-refractivity contribution in [3.05, 3.63) is 27.8 Å². The van der Waals surface area contributed by atoms with Gasteiger partial charge in [-0.1, -0.05) is 12.1 Å². The van der Waals surface area contributed by atoms with Crippen molar-refractivity contribution in [2.45, 2.75) is 58.7 Å². The monoisotopic (exact) mass is 336 g/mol. The van der Waals surface area contributed by atoms with Gasteiger partial charge in [0.05, 0.1) is 11.7 Å². The molecule has 0 N–H and O–H groups in total. The normalized spacial score (nSPS) is 20.2. The highest BCUT2D eigenvalue weighted by molar-refractivity contribution is 7.09. The highest BCUT2D eigenvalue weighted by Crippen LogP contribution is 2.32. The molecule has 2 aromatic rings.